The zero-order valence-electron chi connectivity index (χ0n) is 10.8. The predicted octanol–water partition coefficient (Wildman–Crippen LogP) is 3.38. The molecule has 1 aliphatic heterocycles. The summed E-state index contributed by atoms with van der Waals surface area (Å²) >= 11 is 0. The molecule has 0 unspecified atom stereocenters. The van der Waals surface area contributed by atoms with E-state index >= 15 is 0 Å². The summed E-state index contributed by atoms with van der Waals surface area (Å²) in [6, 6.07) is 5.65. The van der Waals surface area contributed by atoms with E-state index in [4.69, 9.17) is 0 Å². The van der Waals surface area contributed by atoms with Crippen LogP contribution in [-0.4, -0.2) is 17.4 Å². The Kier molecular flexibility index (Phi) is 3.82. The van der Waals surface area contributed by atoms with Crippen LogP contribution < -0.4 is 0 Å². The van der Waals surface area contributed by atoms with Gasteiger partial charge in [0.05, 0.1) is 6.10 Å². The zero-order chi connectivity index (χ0) is 14.8. The van der Waals surface area contributed by atoms with Crippen LogP contribution in [0.4, 0.5) is 13.2 Å². The lowest BCUT2D eigenvalue weighted by Crippen LogP contribution is -2.29. The molecule has 3 nitrogen and oxygen atoms in total. The Morgan fingerprint density at radius 2 is 1.85 bits per heavy atom. The summed E-state index contributed by atoms with van der Waals surface area (Å²) in [6.07, 6.45) is -4.02. The van der Waals surface area contributed by atoms with Gasteiger partial charge in [-0.1, -0.05) is 30.9 Å². The number of aliphatic hydroxyl groups excluding tert-OH is 1. The molecule has 0 fully saturated rings. The molecular weight excluding hydrogens is 269 g/mol. The molecule has 1 atom stereocenters. The van der Waals surface area contributed by atoms with Crippen molar-refractivity contribution in [1.82, 2.24) is 0 Å². The minimum atomic E-state index is -4.51. The first-order valence-electron chi connectivity index (χ1n) is 6.17. The Labute approximate surface area is 114 Å². The molecule has 0 aliphatic carbocycles. The van der Waals surface area contributed by atoms with Crippen LogP contribution in [-0.2, 0) is 5.66 Å². The smallest absolute Gasteiger partial charge is 0.392 e. The highest BCUT2D eigenvalue weighted by molar-refractivity contribution is 5.39. The van der Waals surface area contributed by atoms with Crippen LogP contribution in [0.5, 0.6) is 0 Å². The van der Waals surface area contributed by atoms with Gasteiger partial charge in [0.2, 0.25) is 0 Å². The Hall–Kier alpha value is -1.87. The van der Waals surface area contributed by atoms with Crippen molar-refractivity contribution in [3.63, 3.8) is 0 Å². The number of alkyl halides is 3. The number of aliphatic hydroxyl groups is 1. The van der Waals surface area contributed by atoms with Gasteiger partial charge in [-0.25, -0.2) is 0 Å². The number of hydrogen-bond donors (Lipinski definition) is 1. The molecule has 1 heterocycles. The van der Waals surface area contributed by atoms with Crippen molar-refractivity contribution in [2.24, 2.45) is 10.2 Å². The minimum absolute atomic E-state index is 0.0101. The molecule has 20 heavy (non-hydrogen) atoms. The van der Waals surface area contributed by atoms with Crippen molar-refractivity contribution in [3.05, 3.63) is 35.4 Å². The average molecular weight is 282 g/mol. The van der Waals surface area contributed by atoms with Gasteiger partial charge in [-0.3, -0.25) is 0 Å². The van der Waals surface area contributed by atoms with E-state index in [0.717, 1.165) is 0 Å². The summed E-state index contributed by atoms with van der Waals surface area (Å²) in [5, 5.41) is 15.6. The van der Waals surface area contributed by atoms with Gasteiger partial charge in [0.15, 0.2) is 0 Å². The molecule has 2 rings (SSSR count). The van der Waals surface area contributed by atoms with E-state index in [1.165, 1.54) is 24.3 Å². The fourth-order valence-electron chi connectivity index (χ4n) is 1.64. The Bertz CT molecular complexity index is 561. The number of halogens is 3. The molecular formula is C14H13F3N2O. The molecule has 0 bridgehead atoms. The fourth-order valence-corrected chi connectivity index (χ4v) is 1.64. The van der Waals surface area contributed by atoms with Gasteiger partial charge in [0.1, 0.15) is 0 Å². The molecule has 1 aromatic rings. The van der Waals surface area contributed by atoms with Crippen LogP contribution in [0, 0.1) is 11.8 Å². The lowest BCUT2D eigenvalue weighted by molar-refractivity contribution is -0.166. The molecule has 0 spiro atoms. The van der Waals surface area contributed by atoms with Crippen LogP contribution in [0.2, 0.25) is 0 Å². The standard InChI is InChI=1S/C14H13F3N2O/c1-2-12(20)5-3-4-10-6-8-11(9-7-10)13(18-19-13)14(15,16)17/h6-9,12,20H,2,5H2,1H3/t12-/m1/s1. The van der Waals surface area contributed by atoms with Crippen molar-refractivity contribution in [2.75, 3.05) is 0 Å². The van der Waals surface area contributed by atoms with E-state index in [0.29, 0.717) is 18.4 Å². The van der Waals surface area contributed by atoms with Gasteiger partial charge in [0, 0.05) is 17.5 Å². The third-order valence-corrected chi connectivity index (χ3v) is 3.02. The van der Waals surface area contributed by atoms with Gasteiger partial charge in [-0.15, -0.1) is 10.2 Å². The molecule has 0 saturated heterocycles. The number of benzene rings is 1. The summed E-state index contributed by atoms with van der Waals surface area (Å²) in [5.74, 6) is 5.58. The normalized spacial score (nSPS) is 17.2. The maximum atomic E-state index is 12.8. The predicted molar refractivity (Wildman–Crippen MR) is 66.8 cm³/mol. The van der Waals surface area contributed by atoms with Crippen molar-refractivity contribution < 1.29 is 18.3 Å². The maximum Gasteiger partial charge on any atom is 0.442 e. The van der Waals surface area contributed by atoms with Crippen LogP contribution in [0.15, 0.2) is 34.5 Å². The number of nitrogens with zero attached hydrogens (tertiary/aromatic N) is 2. The SMILES string of the molecule is CC[C@@H](O)CC#Cc1ccc(C2(C(F)(F)F)N=N2)cc1. The van der Waals surface area contributed by atoms with Gasteiger partial charge in [-0.2, -0.15) is 13.2 Å². The van der Waals surface area contributed by atoms with Crippen molar-refractivity contribution in [3.8, 4) is 11.8 Å². The van der Waals surface area contributed by atoms with E-state index in [-0.39, 0.29) is 5.56 Å². The lowest BCUT2D eigenvalue weighted by atomic mass is 10.0. The summed E-state index contributed by atoms with van der Waals surface area (Å²) in [4.78, 5) is 0. The molecule has 1 aliphatic rings. The summed E-state index contributed by atoms with van der Waals surface area (Å²) in [6.45, 7) is 1.85. The average Bonchev–Trinajstić information content (AvgIpc) is 3.20. The molecule has 0 saturated carbocycles. The highest BCUT2D eigenvalue weighted by atomic mass is 19.4. The Morgan fingerprint density at radius 1 is 1.25 bits per heavy atom. The topological polar surface area (TPSA) is 45.0 Å². The second-order valence-electron chi connectivity index (χ2n) is 4.52. The van der Waals surface area contributed by atoms with Gasteiger partial charge in [0.25, 0.3) is 0 Å². The third-order valence-electron chi connectivity index (χ3n) is 3.02. The quantitative estimate of drug-likeness (QED) is 0.849. The van der Waals surface area contributed by atoms with Crippen LogP contribution in [0.25, 0.3) is 0 Å². The minimum Gasteiger partial charge on any atom is -0.392 e. The zero-order valence-corrected chi connectivity index (χ0v) is 10.8. The third kappa shape index (κ3) is 2.83. The summed E-state index contributed by atoms with van der Waals surface area (Å²) < 4.78 is 38.3. The second kappa shape index (κ2) is 5.25. The Morgan fingerprint density at radius 3 is 2.30 bits per heavy atom. The van der Waals surface area contributed by atoms with Gasteiger partial charge in [-0.05, 0) is 18.6 Å². The first-order chi connectivity index (χ1) is 9.39. The van der Waals surface area contributed by atoms with E-state index in [1.807, 2.05) is 6.92 Å². The highest BCUT2D eigenvalue weighted by Crippen LogP contribution is 2.52. The van der Waals surface area contributed by atoms with E-state index in [1.54, 1.807) is 0 Å². The van der Waals surface area contributed by atoms with E-state index in [2.05, 4.69) is 22.1 Å². The van der Waals surface area contributed by atoms with Crippen molar-refractivity contribution in [1.29, 1.82) is 0 Å². The molecule has 0 amide bonds. The summed E-state index contributed by atoms with van der Waals surface area (Å²) in [7, 11) is 0. The number of hydrogen-bond acceptors (Lipinski definition) is 3. The van der Waals surface area contributed by atoms with E-state index < -0.39 is 17.9 Å². The largest absolute Gasteiger partial charge is 0.442 e. The van der Waals surface area contributed by atoms with E-state index in [9.17, 15) is 18.3 Å². The first kappa shape index (κ1) is 14.5. The van der Waals surface area contributed by atoms with Gasteiger partial charge >= 0.3 is 11.8 Å². The molecule has 6 heteroatoms. The number of rotatable bonds is 3. The molecule has 106 valence electrons. The molecule has 0 aromatic heterocycles. The second-order valence-corrected chi connectivity index (χ2v) is 4.52. The monoisotopic (exact) mass is 282 g/mol. The Balaban J connectivity index is 2.08. The van der Waals surface area contributed by atoms with Gasteiger partial charge < -0.3 is 5.11 Å². The molecule has 1 N–H and O–H groups in total. The lowest BCUT2D eigenvalue weighted by Gasteiger charge is -2.14. The first-order valence-corrected chi connectivity index (χ1v) is 6.17. The highest BCUT2D eigenvalue weighted by Gasteiger charge is 2.65. The van der Waals surface area contributed by atoms with Crippen LogP contribution in [0.1, 0.15) is 30.9 Å². The summed E-state index contributed by atoms with van der Waals surface area (Å²) in [5.41, 5.74) is -1.80. The fraction of sp³-hybridized carbons (Fsp3) is 0.429. The van der Waals surface area contributed by atoms with Crippen LogP contribution >= 0.6 is 0 Å². The van der Waals surface area contributed by atoms with Crippen molar-refractivity contribution >= 4 is 0 Å². The maximum absolute atomic E-state index is 12.8. The van der Waals surface area contributed by atoms with Crippen molar-refractivity contribution in [2.45, 2.75) is 37.7 Å². The molecule has 0 radical (unpaired) electrons. The van der Waals surface area contributed by atoms with Crippen LogP contribution in [0.3, 0.4) is 0 Å². The molecule has 1 aromatic carbocycles.